The molecule has 0 unspecified atom stereocenters. The Balaban J connectivity index is 1.28. The molecule has 37 heavy (non-hydrogen) atoms. The molecule has 0 atom stereocenters. The number of anilines is 1. The summed E-state index contributed by atoms with van der Waals surface area (Å²) in [5.41, 5.74) is 2.73. The van der Waals surface area contributed by atoms with E-state index in [1.807, 2.05) is 0 Å². The molecule has 0 fully saturated rings. The number of aliphatic imine (C=N–C) groups is 1. The highest BCUT2D eigenvalue weighted by atomic mass is 35.5. The highest BCUT2D eigenvalue weighted by Crippen LogP contribution is 2.30. The number of halogens is 1. The first-order valence-corrected chi connectivity index (χ1v) is 14.2. The zero-order valence-electron chi connectivity index (χ0n) is 19.7. The number of ether oxygens (including phenoxy) is 1. The Morgan fingerprint density at radius 3 is 2.54 bits per heavy atom. The Morgan fingerprint density at radius 1 is 1.14 bits per heavy atom. The predicted octanol–water partition coefficient (Wildman–Crippen LogP) is 3.80. The molecule has 0 saturated carbocycles. The fourth-order valence-corrected chi connectivity index (χ4v) is 7.25. The second-order valence-electron chi connectivity index (χ2n) is 8.73. The lowest BCUT2D eigenvalue weighted by Gasteiger charge is -2.27. The van der Waals surface area contributed by atoms with E-state index >= 15 is 0 Å². The number of Topliss-reactive ketones (excluding diaryl/α,β-unsaturated/α-hetero) is 1. The summed E-state index contributed by atoms with van der Waals surface area (Å²) in [5, 5.41) is 0.355. The minimum atomic E-state index is -3.79. The van der Waals surface area contributed by atoms with Crippen molar-refractivity contribution in [2.75, 3.05) is 23.8 Å². The molecule has 3 heterocycles. The smallest absolute Gasteiger partial charge is 0.265 e. The van der Waals surface area contributed by atoms with Crippen molar-refractivity contribution < 1.29 is 27.5 Å². The number of hydrogen-bond acceptors (Lipinski definition) is 8. The molecule has 0 spiro atoms. The van der Waals surface area contributed by atoms with E-state index in [2.05, 4.69) is 4.99 Å². The number of carbonyl (C=O) groups excluding carboxylic acids is 3. The Hall–Kier alpha value is -3.34. The van der Waals surface area contributed by atoms with E-state index in [1.54, 1.807) is 49.4 Å². The molecular weight excluding hydrogens is 536 g/mol. The fourth-order valence-electron chi connectivity index (χ4n) is 4.24. The Labute approximate surface area is 222 Å². The van der Waals surface area contributed by atoms with Crippen LogP contribution in [-0.2, 0) is 37.0 Å². The van der Waals surface area contributed by atoms with Crippen molar-refractivity contribution in [3.8, 4) is 0 Å². The van der Waals surface area contributed by atoms with Crippen LogP contribution in [0.15, 0.2) is 57.7 Å². The number of nitrogens with zero attached hydrogens (tertiary/aromatic N) is 2. The molecule has 0 N–H and O–H groups in total. The molecule has 2 aromatic carbocycles. The molecule has 0 saturated heterocycles. The van der Waals surface area contributed by atoms with Gasteiger partial charge in [0.2, 0.25) is 11.8 Å². The molecule has 5 rings (SSSR count). The van der Waals surface area contributed by atoms with Gasteiger partial charge in [0.1, 0.15) is 16.6 Å². The van der Waals surface area contributed by atoms with Crippen LogP contribution in [0.2, 0.25) is 5.02 Å². The molecule has 0 aliphatic carbocycles. The number of carbonyl (C=O) groups is 3. The second kappa shape index (κ2) is 9.85. The first-order valence-electron chi connectivity index (χ1n) is 11.4. The molecule has 2 amide bonds. The zero-order chi connectivity index (χ0) is 26.3. The molecule has 0 radical (unpaired) electrons. The number of fused-ring (bicyclic) bond motifs is 1. The van der Waals surface area contributed by atoms with Crippen LogP contribution in [0, 0.1) is 6.92 Å². The van der Waals surface area contributed by atoms with Crippen molar-refractivity contribution >= 4 is 62.0 Å². The van der Waals surface area contributed by atoms with Crippen LogP contribution in [-0.4, -0.2) is 50.8 Å². The van der Waals surface area contributed by atoms with Crippen molar-refractivity contribution in [2.24, 2.45) is 4.99 Å². The number of sulfone groups is 1. The number of imide groups is 1. The summed E-state index contributed by atoms with van der Waals surface area (Å²) in [6.45, 7) is 2.81. The summed E-state index contributed by atoms with van der Waals surface area (Å²) < 4.78 is 30.7. The quantitative estimate of drug-likeness (QED) is 0.409. The minimum Gasteiger partial charge on any atom is -0.476 e. The van der Waals surface area contributed by atoms with E-state index < -0.39 is 27.3 Å². The van der Waals surface area contributed by atoms with Gasteiger partial charge in [-0.2, -0.15) is 0 Å². The van der Waals surface area contributed by atoms with Crippen molar-refractivity contribution in [1.29, 1.82) is 0 Å². The molecule has 8 nitrogen and oxygen atoms in total. The largest absolute Gasteiger partial charge is 0.476 e. The maximum Gasteiger partial charge on any atom is 0.265 e. The molecule has 1 aromatic heterocycles. The van der Waals surface area contributed by atoms with E-state index in [1.165, 1.54) is 6.07 Å². The topological polar surface area (TPSA) is 110 Å². The van der Waals surface area contributed by atoms with Crippen molar-refractivity contribution in [3.05, 3.63) is 80.7 Å². The van der Waals surface area contributed by atoms with Crippen molar-refractivity contribution in [2.45, 2.75) is 24.0 Å². The average molecular weight is 557 g/mol. The van der Waals surface area contributed by atoms with Gasteiger partial charge < -0.3 is 4.74 Å². The monoisotopic (exact) mass is 556 g/mol. The molecule has 190 valence electrons. The van der Waals surface area contributed by atoms with Gasteiger partial charge >= 0.3 is 0 Å². The average Bonchev–Trinajstić information content (AvgIpc) is 3.50. The van der Waals surface area contributed by atoms with Crippen LogP contribution in [0.5, 0.6) is 0 Å². The summed E-state index contributed by atoms with van der Waals surface area (Å²) in [7, 11) is -3.79. The summed E-state index contributed by atoms with van der Waals surface area (Å²) >= 11 is 7.00. The third-order valence-corrected chi connectivity index (χ3v) is 9.84. The third-order valence-electron chi connectivity index (χ3n) is 6.05. The summed E-state index contributed by atoms with van der Waals surface area (Å²) in [6, 6.07) is 12.9. The minimum absolute atomic E-state index is 0.0481. The van der Waals surface area contributed by atoms with Gasteiger partial charge in [-0.15, -0.1) is 11.3 Å². The van der Waals surface area contributed by atoms with E-state index in [0.29, 0.717) is 51.3 Å². The first kappa shape index (κ1) is 25.3. The van der Waals surface area contributed by atoms with Gasteiger partial charge in [0, 0.05) is 22.4 Å². The molecule has 2 aliphatic rings. The van der Waals surface area contributed by atoms with Gasteiger partial charge in [0.05, 0.1) is 23.7 Å². The lowest BCUT2D eigenvalue weighted by atomic mass is 9.95. The number of ketones is 1. The van der Waals surface area contributed by atoms with Gasteiger partial charge in [-0.05, 0) is 54.4 Å². The molecular formula is C26H21ClN2O6S2. The van der Waals surface area contributed by atoms with Crippen LogP contribution in [0.1, 0.15) is 31.9 Å². The third kappa shape index (κ3) is 5.09. The number of thiophene rings is 1. The maximum atomic E-state index is 13.2. The Kier molecular flexibility index (Phi) is 6.74. The van der Waals surface area contributed by atoms with Gasteiger partial charge in [-0.3, -0.25) is 14.4 Å². The zero-order valence-corrected chi connectivity index (χ0v) is 22.1. The number of aryl methyl sites for hydroxylation is 1. The fraction of sp³-hybridized carbons (Fsp3) is 0.231. The van der Waals surface area contributed by atoms with E-state index in [4.69, 9.17) is 16.3 Å². The van der Waals surface area contributed by atoms with Gasteiger partial charge in [-0.25, -0.2) is 18.3 Å². The van der Waals surface area contributed by atoms with Crippen LogP contribution >= 0.6 is 22.9 Å². The normalized spacial score (nSPS) is 15.4. The standard InChI is InChI=1S/C26H21ClN2O6S2/c1-15-22(27)13-24(36-15)37(33,34)14-20(30)10-16-2-5-19(6-3-16)29-23(31)12-18-11-17(25-28-8-9-35-25)4-7-21(18)26(29)32/h2-7,11,13H,8-10,12,14H2,1H3. The number of benzene rings is 2. The highest BCUT2D eigenvalue weighted by Gasteiger charge is 2.33. The maximum absolute atomic E-state index is 13.2. The lowest BCUT2D eigenvalue weighted by molar-refractivity contribution is -0.118. The first-order chi connectivity index (χ1) is 17.6. The molecule has 0 bridgehead atoms. The Bertz CT molecular complexity index is 1560. The van der Waals surface area contributed by atoms with E-state index in [-0.39, 0.29) is 23.0 Å². The van der Waals surface area contributed by atoms with Gasteiger partial charge in [0.25, 0.3) is 5.91 Å². The SMILES string of the molecule is Cc1sc(S(=O)(=O)CC(=O)Cc2ccc(N3C(=O)Cc4cc(C5=NCCO5)ccc4C3=O)cc2)cc1Cl. The van der Waals surface area contributed by atoms with E-state index in [9.17, 15) is 22.8 Å². The van der Waals surface area contributed by atoms with Crippen LogP contribution in [0.4, 0.5) is 5.69 Å². The second-order valence-corrected chi connectivity index (χ2v) is 12.6. The summed E-state index contributed by atoms with van der Waals surface area (Å²) in [6.07, 6.45) is -0.0520. The number of rotatable bonds is 7. The Morgan fingerprint density at radius 2 is 1.89 bits per heavy atom. The van der Waals surface area contributed by atoms with Crippen molar-refractivity contribution in [3.63, 3.8) is 0 Å². The molecule has 3 aromatic rings. The van der Waals surface area contributed by atoms with Crippen LogP contribution in [0.3, 0.4) is 0 Å². The van der Waals surface area contributed by atoms with Crippen LogP contribution < -0.4 is 4.90 Å². The molecule has 11 heteroatoms. The number of hydrogen-bond donors (Lipinski definition) is 0. The van der Waals surface area contributed by atoms with Crippen molar-refractivity contribution in [1.82, 2.24) is 0 Å². The summed E-state index contributed by atoms with van der Waals surface area (Å²) in [5.74, 6) is -1.40. The van der Waals surface area contributed by atoms with Crippen LogP contribution in [0.25, 0.3) is 0 Å². The van der Waals surface area contributed by atoms with E-state index in [0.717, 1.165) is 21.8 Å². The predicted molar refractivity (Wildman–Crippen MR) is 141 cm³/mol. The lowest BCUT2D eigenvalue weighted by Crippen LogP contribution is -2.42. The van der Waals surface area contributed by atoms with Gasteiger partial charge in [0.15, 0.2) is 15.6 Å². The summed E-state index contributed by atoms with van der Waals surface area (Å²) in [4.78, 5) is 44.6. The van der Waals surface area contributed by atoms with Gasteiger partial charge in [-0.1, -0.05) is 23.7 Å². The molecule has 2 aliphatic heterocycles. The number of amides is 2. The highest BCUT2D eigenvalue weighted by molar-refractivity contribution is 7.94.